The molecule has 4 nitrogen and oxygen atoms in total. The van der Waals surface area contributed by atoms with Crippen molar-refractivity contribution in [2.45, 2.75) is 37.3 Å². The van der Waals surface area contributed by atoms with Gasteiger partial charge in [0.15, 0.2) is 0 Å². The van der Waals surface area contributed by atoms with Gasteiger partial charge in [0, 0.05) is 18.6 Å². The summed E-state index contributed by atoms with van der Waals surface area (Å²) < 4.78 is 0. The van der Waals surface area contributed by atoms with Crippen molar-refractivity contribution in [2.75, 3.05) is 34.2 Å². The predicted molar refractivity (Wildman–Crippen MR) is 66.0 cm³/mol. The van der Waals surface area contributed by atoms with E-state index in [-0.39, 0.29) is 6.04 Å². The van der Waals surface area contributed by atoms with Gasteiger partial charge < -0.3 is 15.5 Å². The van der Waals surface area contributed by atoms with Gasteiger partial charge in [-0.15, -0.1) is 0 Å². The van der Waals surface area contributed by atoms with E-state index in [9.17, 15) is 0 Å². The van der Waals surface area contributed by atoms with Gasteiger partial charge in [0.1, 0.15) is 0 Å². The molecule has 0 aromatic heterocycles. The van der Waals surface area contributed by atoms with Crippen LogP contribution in [0.15, 0.2) is 0 Å². The van der Waals surface area contributed by atoms with Gasteiger partial charge in [-0.1, -0.05) is 0 Å². The lowest BCUT2D eigenvalue weighted by molar-refractivity contribution is 0.0275. The first-order valence-corrected chi connectivity index (χ1v) is 6.01. The van der Waals surface area contributed by atoms with E-state index in [1.165, 1.54) is 19.3 Å². The zero-order valence-corrected chi connectivity index (χ0v) is 10.7. The zero-order valence-electron chi connectivity index (χ0n) is 10.7. The zero-order chi connectivity index (χ0) is 12.2. The topological polar surface area (TPSA) is 56.3 Å². The fourth-order valence-corrected chi connectivity index (χ4v) is 2.34. The first kappa shape index (κ1) is 13.4. The van der Waals surface area contributed by atoms with Gasteiger partial charge in [0.2, 0.25) is 0 Å². The van der Waals surface area contributed by atoms with Crippen LogP contribution in [0.4, 0.5) is 0 Å². The Morgan fingerprint density at radius 3 is 2.38 bits per heavy atom. The summed E-state index contributed by atoms with van der Waals surface area (Å²) in [5.41, 5.74) is 5.96. The number of hydrogen-bond donors (Lipinski definition) is 1. The van der Waals surface area contributed by atoms with Crippen molar-refractivity contribution >= 4 is 0 Å². The number of nitriles is 1. The molecule has 0 bridgehead atoms. The van der Waals surface area contributed by atoms with Gasteiger partial charge in [-0.05, 0) is 46.8 Å². The van der Waals surface area contributed by atoms with E-state index in [1.807, 2.05) is 0 Å². The second kappa shape index (κ2) is 5.62. The molecule has 16 heavy (non-hydrogen) atoms. The van der Waals surface area contributed by atoms with Crippen molar-refractivity contribution in [1.82, 2.24) is 9.80 Å². The molecule has 0 heterocycles. The van der Waals surface area contributed by atoms with Crippen LogP contribution in [0.25, 0.3) is 0 Å². The molecule has 1 aliphatic carbocycles. The molecule has 0 amide bonds. The Labute approximate surface area is 99.0 Å². The lowest BCUT2D eigenvalue weighted by Gasteiger charge is -2.49. The molecule has 1 fully saturated rings. The molecule has 1 rings (SSSR count). The van der Waals surface area contributed by atoms with Crippen LogP contribution in [-0.2, 0) is 0 Å². The van der Waals surface area contributed by atoms with E-state index in [1.54, 1.807) is 0 Å². The van der Waals surface area contributed by atoms with Gasteiger partial charge in [-0.3, -0.25) is 0 Å². The summed E-state index contributed by atoms with van der Waals surface area (Å²) in [5, 5.41) is 8.62. The summed E-state index contributed by atoms with van der Waals surface area (Å²) in [5.74, 6) is 0. The summed E-state index contributed by atoms with van der Waals surface area (Å²) >= 11 is 0. The van der Waals surface area contributed by atoms with E-state index < -0.39 is 0 Å². The Balaban J connectivity index is 2.33. The van der Waals surface area contributed by atoms with Crippen LogP contribution in [0, 0.1) is 11.3 Å². The molecule has 1 atom stereocenters. The van der Waals surface area contributed by atoms with Gasteiger partial charge in [0.25, 0.3) is 0 Å². The number of nitrogens with zero attached hydrogens (tertiary/aromatic N) is 3. The standard InChI is InChI=1S/C12H24N4/c1-15(2)12(6-4-7-12)10-16(3)8-5-11(14)9-13/h11H,4-8,10,14H2,1-3H3. The second-order valence-electron chi connectivity index (χ2n) is 5.23. The maximum atomic E-state index is 8.62. The molecule has 0 aliphatic heterocycles. The third-order valence-corrected chi connectivity index (χ3v) is 3.78. The van der Waals surface area contributed by atoms with E-state index in [2.05, 4.69) is 37.0 Å². The van der Waals surface area contributed by atoms with E-state index in [4.69, 9.17) is 11.0 Å². The molecule has 92 valence electrons. The Kier molecular flexibility index (Phi) is 4.72. The Morgan fingerprint density at radius 2 is 2.00 bits per heavy atom. The van der Waals surface area contributed by atoms with E-state index >= 15 is 0 Å². The van der Waals surface area contributed by atoms with Crippen molar-refractivity contribution in [2.24, 2.45) is 5.73 Å². The number of likely N-dealkylation sites (N-methyl/N-ethyl adjacent to an activating group) is 2. The third kappa shape index (κ3) is 3.18. The molecule has 0 aromatic rings. The molecule has 2 N–H and O–H groups in total. The second-order valence-corrected chi connectivity index (χ2v) is 5.23. The molecule has 0 saturated heterocycles. The highest BCUT2D eigenvalue weighted by Crippen LogP contribution is 2.36. The third-order valence-electron chi connectivity index (χ3n) is 3.78. The van der Waals surface area contributed by atoms with E-state index in [0.717, 1.165) is 19.5 Å². The van der Waals surface area contributed by atoms with Gasteiger partial charge in [-0.2, -0.15) is 5.26 Å². The smallest absolute Gasteiger partial charge is 0.0940 e. The highest BCUT2D eigenvalue weighted by molar-refractivity contribution is 4.98. The van der Waals surface area contributed by atoms with Crippen LogP contribution in [0.5, 0.6) is 0 Å². The molecule has 0 aromatic carbocycles. The van der Waals surface area contributed by atoms with Gasteiger partial charge in [-0.25, -0.2) is 0 Å². The maximum Gasteiger partial charge on any atom is 0.0940 e. The van der Waals surface area contributed by atoms with Crippen molar-refractivity contribution in [3.05, 3.63) is 0 Å². The lowest BCUT2D eigenvalue weighted by Crippen LogP contribution is -2.56. The van der Waals surface area contributed by atoms with Crippen molar-refractivity contribution in [3.8, 4) is 6.07 Å². The highest BCUT2D eigenvalue weighted by atomic mass is 15.2. The average molecular weight is 224 g/mol. The minimum atomic E-state index is -0.320. The number of nitrogens with two attached hydrogens (primary N) is 1. The monoisotopic (exact) mass is 224 g/mol. The largest absolute Gasteiger partial charge is 0.316 e. The number of hydrogen-bond acceptors (Lipinski definition) is 4. The van der Waals surface area contributed by atoms with Gasteiger partial charge >= 0.3 is 0 Å². The molecular formula is C12H24N4. The van der Waals surface area contributed by atoms with Gasteiger partial charge in [0.05, 0.1) is 12.1 Å². The molecule has 1 aliphatic rings. The summed E-state index contributed by atoms with van der Waals surface area (Å²) in [4.78, 5) is 4.65. The maximum absolute atomic E-state index is 8.62. The van der Waals surface area contributed by atoms with Crippen LogP contribution in [0.1, 0.15) is 25.7 Å². The molecule has 1 unspecified atom stereocenters. The fourth-order valence-electron chi connectivity index (χ4n) is 2.34. The van der Waals surface area contributed by atoms with Crippen LogP contribution in [-0.4, -0.2) is 55.6 Å². The number of rotatable bonds is 6. The van der Waals surface area contributed by atoms with Crippen molar-refractivity contribution in [3.63, 3.8) is 0 Å². The quantitative estimate of drug-likeness (QED) is 0.719. The molecular weight excluding hydrogens is 200 g/mol. The summed E-state index contributed by atoms with van der Waals surface area (Å²) in [7, 11) is 6.44. The Bertz CT molecular complexity index is 252. The van der Waals surface area contributed by atoms with Crippen molar-refractivity contribution in [1.29, 1.82) is 5.26 Å². The minimum absolute atomic E-state index is 0.320. The molecule has 0 radical (unpaired) electrons. The predicted octanol–water partition coefficient (Wildman–Crippen LogP) is 0.643. The summed E-state index contributed by atoms with van der Waals surface area (Å²) in [6, 6.07) is 1.75. The molecule has 4 heteroatoms. The van der Waals surface area contributed by atoms with Crippen LogP contribution in [0.2, 0.25) is 0 Å². The normalized spacial score (nSPS) is 20.6. The Morgan fingerprint density at radius 1 is 1.38 bits per heavy atom. The average Bonchev–Trinajstić information content (AvgIpc) is 2.19. The van der Waals surface area contributed by atoms with Crippen LogP contribution in [0.3, 0.4) is 0 Å². The summed E-state index contributed by atoms with van der Waals surface area (Å²) in [6.45, 7) is 1.99. The minimum Gasteiger partial charge on any atom is -0.316 e. The lowest BCUT2D eigenvalue weighted by atomic mass is 9.75. The fraction of sp³-hybridized carbons (Fsp3) is 0.917. The van der Waals surface area contributed by atoms with Crippen LogP contribution >= 0.6 is 0 Å². The van der Waals surface area contributed by atoms with Crippen molar-refractivity contribution < 1.29 is 0 Å². The van der Waals surface area contributed by atoms with E-state index in [0.29, 0.717) is 5.54 Å². The highest BCUT2D eigenvalue weighted by Gasteiger charge is 2.39. The molecule has 0 spiro atoms. The summed E-state index contributed by atoms with van der Waals surface area (Å²) in [6.07, 6.45) is 4.67. The van der Waals surface area contributed by atoms with Crippen LogP contribution < -0.4 is 5.73 Å². The SMILES string of the molecule is CN(CCC(N)C#N)CC1(N(C)C)CCC1. The Hall–Kier alpha value is -0.630. The first-order valence-electron chi connectivity index (χ1n) is 6.01. The first-order chi connectivity index (χ1) is 7.50. The molecule has 1 saturated carbocycles.